The third-order valence-corrected chi connectivity index (χ3v) is 5.22. The molecule has 0 unspecified atom stereocenters. The second-order valence-corrected chi connectivity index (χ2v) is 7.45. The number of aromatic nitrogens is 3. The van der Waals surface area contributed by atoms with Gasteiger partial charge in [-0.25, -0.2) is 0 Å². The van der Waals surface area contributed by atoms with Crippen molar-refractivity contribution in [1.82, 2.24) is 19.4 Å². The van der Waals surface area contributed by atoms with E-state index < -0.39 is 0 Å². The van der Waals surface area contributed by atoms with Crippen molar-refractivity contribution >= 4 is 22.9 Å². The zero-order valence-corrected chi connectivity index (χ0v) is 17.6. The molecule has 0 atom stereocenters. The number of hydrogen-bond donors (Lipinski definition) is 0. The van der Waals surface area contributed by atoms with Crippen LogP contribution in [-0.4, -0.2) is 25.3 Å². The van der Waals surface area contributed by atoms with Crippen LogP contribution in [0.2, 0.25) is 0 Å². The molecule has 1 aromatic carbocycles. The molecule has 0 spiro atoms. The third kappa shape index (κ3) is 5.08. The number of amides is 1. The average Bonchev–Trinajstić information content (AvgIpc) is 3.20. The van der Waals surface area contributed by atoms with Crippen molar-refractivity contribution in [1.29, 1.82) is 5.26 Å². The van der Waals surface area contributed by atoms with Crippen LogP contribution in [0.15, 0.2) is 85.6 Å². The lowest BCUT2D eigenvalue weighted by Gasteiger charge is -2.21. The smallest absolute Gasteiger partial charge is 0.247 e. The van der Waals surface area contributed by atoms with E-state index in [1.54, 1.807) is 35.8 Å². The maximum absolute atomic E-state index is 13.2. The number of nitrogens with zero attached hydrogens (tertiary/aromatic N) is 5. The summed E-state index contributed by atoms with van der Waals surface area (Å²) in [6.07, 6.45) is 12.9. The number of fused-ring (bicyclic) bond motifs is 1. The lowest BCUT2D eigenvalue weighted by atomic mass is 10.1. The normalized spacial score (nSPS) is 11.0. The van der Waals surface area contributed by atoms with Gasteiger partial charge in [-0.05, 0) is 41.5 Å². The number of hydrogen-bond acceptors (Lipinski definition) is 4. The summed E-state index contributed by atoms with van der Waals surface area (Å²) in [6, 6.07) is 17.9. The number of nitriles is 1. The first-order chi connectivity index (χ1) is 15.7. The maximum Gasteiger partial charge on any atom is 0.247 e. The summed E-state index contributed by atoms with van der Waals surface area (Å²) in [6.45, 7) is 1.56. The summed E-state index contributed by atoms with van der Waals surface area (Å²) in [5, 5.41) is 10.0. The molecule has 0 radical (unpaired) electrons. The number of pyridine rings is 2. The first-order valence-electron chi connectivity index (χ1n) is 10.4. The summed E-state index contributed by atoms with van der Waals surface area (Å²) in [4.78, 5) is 23.2. The summed E-state index contributed by atoms with van der Waals surface area (Å²) < 4.78 is 2.06. The van der Waals surface area contributed by atoms with Crippen LogP contribution >= 0.6 is 0 Å². The van der Waals surface area contributed by atoms with E-state index in [1.807, 2.05) is 60.8 Å². The Bertz CT molecular complexity index is 1210. The fourth-order valence-corrected chi connectivity index (χ4v) is 3.66. The van der Waals surface area contributed by atoms with Gasteiger partial charge in [-0.2, -0.15) is 5.26 Å². The summed E-state index contributed by atoms with van der Waals surface area (Å²) in [5.41, 5.74) is 3.99. The van der Waals surface area contributed by atoms with Crippen LogP contribution in [0.25, 0.3) is 17.0 Å². The Morgan fingerprint density at radius 1 is 1.00 bits per heavy atom. The minimum atomic E-state index is -0.0838. The number of para-hydroxylation sites is 1. The molecule has 0 fully saturated rings. The number of rotatable bonds is 8. The summed E-state index contributed by atoms with van der Waals surface area (Å²) in [5.74, 6) is -0.0838. The van der Waals surface area contributed by atoms with Crippen LogP contribution in [0, 0.1) is 11.3 Å². The Morgan fingerprint density at radius 3 is 2.59 bits per heavy atom. The Balaban J connectivity index is 1.59. The molecule has 1 amide bonds. The van der Waals surface area contributed by atoms with Crippen LogP contribution in [0.3, 0.4) is 0 Å². The Morgan fingerprint density at radius 2 is 1.81 bits per heavy atom. The highest BCUT2D eigenvalue weighted by Crippen LogP contribution is 2.23. The van der Waals surface area contributed by atoms with Crippen LogP contribution < -0.4 is 0 Å². The van der Waals surface area contributed by atoms with E-state index in [-0.39, 0.29) is 5.91 Å². The Labute approximate surface area is 187 Å². The molecule has 4 aromatic rings. The third-order valence-electron chi connectivity index (χ3n) is 5.22. The Kier molecular flexibility index (Phi) is 6.69. The zero-order chi connectivity index (χ0) is 22.2. The highest BCUT2D eigenvalue weighted by Gasteiger charge is 2.13. The van der Waals surface area contributed by atoms with Crippen molar-refractivity contribution in [3.63, 3.8) is 0 Å². The predicted molar refractivity (Wildman–Crippen MR) is 124 cm³/mol. The van der Waals surface area contributed by atoms with E-state index in [9.17, 15) is 4.79 Å². The first kappa shape index (κ1) is 21.0. The molecule has 0 aliphatic rings. The van der Waals surface area contributed by atoms with Crippen molar-refractivity contribution < 1.29 is 4.79 Å². The van der Waals surface area contributed by atoms with Gasteiger partial charge < -0.3 is 9.47 Å². The molecule has 32 heavy (non-hydrogen) atoms. The van der Waals surface area contributed by atoms with Gasteiger partial charge >= 0.3 is 0 Å². The highest BCUT2D eigenvalue weighted by atomic mass is 16.2. The Hall–Kier alpha value is -4.24. The zero-order valence-electron chi connectivity index (χ0n) is 17.6. The van der Waals surface area contributed by atoms with Gasteiger partial charge in [0.25, 0.3) is 0 Å². The fourth-order valence-electron chi connectivity index (χ4n) is 3.66. The minimum absolute atomic E-state index is 0.0838. The molecular formula is C26H23N5O. The maximum atomic E-state index is 13.2. The summed E-state index contributed by atoms with van der Waals surface area (Å²) in [7, 11) is 0. The lowest BCUT2D eigenvalue weighted by Crippen LogP contribution is -2.28. The molecule has 6 heteroatoms. The standard InChI is InChI=1S/C26H23N5O/c27-12-4-16-30-20-23(24-6-1-2-7-25(24)30)8-9-26(32)31(18-21-10-14-28-15-11-21)19-22-5-3-13-29-17-22/h1-3,5-11,13-15,17,20H,4,16,18-19H2. The molecule has 158 valence electrons. The molecule has 0 N–H and O–H groups in total. The molecule has 0 saturated carbocycles. The topological polar surface area (TPSA) is 74.8 Å². The average molecular weight is 422 g/mol. The SMILES string of the molecule is N#CCCn1cc(C=CC(=O)N(Cc2ccncc2)Cc2cccnc2)c2ccccc21. The molecule has 3 heterocycles. The second kappa shape index (κ2) is 10.2. The largest absolute Gasteiger partial charge is 0.346 e. The monoisotopic (exact) mass is 421 g/mol. The van der Waals surface area contributed by atoms with Crippen molar-refractivity contribution in [2.24, 2.45) is 0 Å². The number of carbonyl (C=O) groups excluding carboxylic acids is 1. The van der Waals surface area contributed by atoms with E-state index in [0.29, 0.717) is 26.1 Å². The molecule has 0 saturated heterocycles. The molecule has 4 rings (SSSR count). The van der Waals surface area contributed by atoms with Crippen molar-refractivity contribution in [2.75, 3.05) is 0 Å². The quantitative estimate of drug-likeness (QED) is 0.390. The number of aryl methyl sites for hydroxylation is 1. The van der Waals surface area contributed by atoms with Gasteiger partial charge in [-0.3, -0.25) is 14.8 Å². The van der Waals surface area contributed by atoms with Gasteiger partial charge in [0.1, 0.15) is 0 Å². The van der Waals surface area contributed by atoms with E-state index in [4.69, 9.17) is 5.26 Å². The fraction of sp³-hybridized carbons (Fsp3) is 0.154. The number of carbonyl (C=O) groups is 1. The van der Waals surface area contributed by atoms with Crippen molar-refractivity contribution in [2.45, 2.75) is 26.1 Å². The van der Waals surface area contributed by atoms with Crippen LogP contribution in [0.1, 0.15) is 23.1 Å². The van der Waals surface area contributed by atoms with E-state index in [0.717, 1.165) is 27.6 Å². The van der Waals surface area contributed by atoms with Gasteiger partial charge in [-0.1, -0.05) is 24.3 Å². The molecular weight excluding hydrogens is 398 g/mol. The van der Waals surface area contributed by atoms with Gasteiger partial charge in [0.2, 0.25) is 5.91 Å². The highest BCUT2D eigenvalue weighted by molar-refractivity contribution is 5.96. The van der Waals surface area contributed by atoms with Gasteiger partial charge in [0, 0.05) is 73.2 Å². The summed E-state index contributed by atoms with van der Waals surface area (Å²) >= 11 is 0. The second-order valence-electron chi connectivity index (χ2n) is 7.45. The number of benzene rings is 1. The molecule has 6 nitrogen and oxygen atoms in total. The van der Waals surface area contributed by atoms with Crippen molar-refractivity contribution in [3.05, 3.63) is 102 Å². The molecule has 0 aliphatic carbocycles. The van der Waals surface area contributed by atoms with Crippen LogP contribution in [0.4, 0.5) is 0 Å². The van der Waals surface area contributed by atoms with Gasteiger partial charge in [0.05, 0.1) is 12.5 Å². The van der Waals surface area contributed by atoms with E-state index in [1.165, 1.54) is 0 Å². The lowest BCUT2D eigenvalue weighted by molar-refractivity contribution is -0.127. The first-order valence-corrected chi connectivity index (χ1v) is 10.4. The minimum Gasteiger partial charge on any atom is -0.346 e. The predicted octanol–water partition coefficient (Wildman–Crippen LogP) is 4.59. The van der Waals surface area contributed by atoms with Gasteiger partial charge in [0.15, 0.2) is 0 Å². The van der Waals surface area contributed by atoms with Crippen LogP contribution in [0.5, 0.6) is 0 Å². The van der Waals surface area contributed by atoms with Crippen LogP contribution in [-0.2, 0) is 24.4 Å². The van der Waals surface area contributed by atoms with E-state index in [2.05, 4.69) is 20.6 Å². The van der Waals surface area contributed by atoms with Crippen molar-refractivity contribution in [3.8, 4) is 6.07 Å². The van der Waals surface area contributed by atoms with Gasteiger partial charge in [-0.15, -0.1) is 0 Å². The molecule has 0 aliphatic heterocycles. The van der Waals surface area contributed by atoms with E-state index >= 15 is 0 Å². The molecule has 0 bridgehead atoms. The molecule has 3 aromatic heterocycles.